The Hall–Kier alpha value is -2.82. The molecule has 3 rings (SSSR count). The third-order valence-electron chi connectivity index (χ3n) is 5.14. The fraction of sp³-hybridized carbons (Fsp3) is 0.364. The van der Waals surface area contributed by atoms with E-state index >= 15 is 0 Å². The van der Waals surface area contributed by atoms with E-state index in [1.54, 1.807) is 32.3 Å². The van der Waals surface area contributed by atoms with Crippen LogP contribution in [0.3, 0.4) is 0 Å². The number of carbonyl (C=O) groups is 1. The molecular weight excluding hydrogens is 342 g/mol. The smallest absolute Gasteiger partial charge is 0.203 e. The first kappa shape index (κ1) is 19.0. The van der Waals surface area contributed by atoms with Gasteiger partial charge >= 0.3 is 0 Å². The number of hydrogen-bond acceptors (Lipinski definition) is 5. The molecule has 27 heavy (non-hydrogen) atoms. The van der Waals surface area contributed by atoms with Crippen molar-refractivity contribution in [2.75, 3.05) is 0 Å². The molecule has 2 heterocycles. The minimum atomic E-state index is -0.950. The van der Waals surface area contributed by atoms with Gasteiger partial charge in [-0.3, -0.25) is 9.78 Å². The van der Waals surface area contributed by atoms with Crippen molar-refractivity contribution < 1.29 is 19.7 Å². The Bertz CT molecular complexity index is 871. The van der Waals surface area contributed by atoms with Crippen LogP contribution in [0.4, 0.5) is 0 Å². The molecule has 0 fully saturated rings. The molecule has 1 atom stereocenters. The van der Waals surface area contributed by atoms with Gasteiger partial charge in [0.1, 0.15) is 22.7 Å². The first-order valence-electron chi connectivity index (χ1n) is 9.18. The minimum Gasteiger partial charge on any atom is -0.515 e. The third kappa shape index (κ3) is 3.82. The Morgan fingerprint density at radius 3 is 2.63 bits per heavy atom. The van der Waals surface area contributed by atoms with Crippen LogP contribution in [0, 0.1) is 0 Å². The number of ketones is 1. The quantitative estimate of drug-likeness (QED) is 0.591. The van der Waals surface area contributed by atoms with E-state index in [1.807, 2.05) is 18.2 Å². The van der Waals surface area contributed by atoms with Crippen LogP contribution >= 0.6 is 0 Å². The lowest BCUT2D eigenvalue weighted by molar-refractivity contribution is 0.0838. The van der Waals surface area contributed by atoms with E-state index in [9.17, 15) is 15.0 Å². The lowest BCUT2D eigenvalue weighted by Gasteiger charge is -2.34. The second-order valence-corrected chi connectivity index (χ2v) is 7.55. The molecule has 1 aliphatic rings. The number of hydrogen-bond donors (Lipinski definition) is 2. The van der Waals surface area contributed by atoms with Crippen LogP contribution in [-0.4, -0.2) is 26.6 Å². The predicted molar refractivity (Wildman–Crippen MR) is 103 cm³/mol. The van der Waals surface area contributed by atoms with Crippen molar-refractivity contribution in [1.29, 1.82) is 0 Å². The normalized spacial score (nSPS) is 18.0. The zero-order valence-corrected chi connectivity index (χ0v) is 15.9. The van der Waals surface area contributed by atoms with Crippen molar-refractivity contribution in [3.8, 4) is 11.5 Å². The second kappa shape index (κ2) is 7.43. The monoisotopic (exact) mass is 367 g/mol. The highest BCUT2D eigenvalue weighted by Crippen LogP contribution is 2.42. The molecule has 0 spiro atoms. The van der Waals surface area contributed by atoms with Gasteiger partial charge in [0.25, 0.3) is 0 Å². The summed E-state index contributed by atoms with van der Waals surface area (Å²) in [6, 6.07) is 7.50. The van der Waals surface area contributed by atoms with E-state index in [1.165, 1.54) is 5.56 Å². The van der Waals surface area contributed by atoms with Crippen molar-refractivity contribution >= 4 is 5.78 Å². The molecule has 0 bridgehead atoms. The van der Waals surface area contributed by atoms with E-state index in [2.05, 4.69) is 11.9 Å². The van der Waals surface area contributed by atoms with Crippen LogP contribution in [-0.2, 0) is 6.42 Å². The van der Waals surface area contributed by atoms with Gasteiger partial charge in [0.05, 0.1) is 11.8 Å². The number of aromatic nitrogens is 1. The molecule has 0 aliphatic carbocycles. The zero-order valence-electron chi connectivity index (χ0n) is 15.9. The summed E-state index contributed by atoms with van der Waals surface area (Å²) in [6.45, 7) is 5.54. The topological polar surface area (TPSA) is 79.7 Å². The molecule has 1 aliphatic heterocycles. The van der Waals surface area contributed by atoms with Gasteiger partial charge in [-0.25, -0.2) is 0 Å². The van der Waals surface area contributed by atoms with Gasteiger partial charge in [-0.1, -0.05) is 6.92 Å². The maximum Gasteiger partial charge on any atom is 0.203 e. The van der Waals surface area contributed by atoms with Gasteiger partial charge in [-0.2, -0.15) is 0 Å². The summed E-state index contributed by atoms with van der Waals surface area (Å²) in [5, 5.41) is 19.8. The van der Waals surface area contributed by atoms with Gasteiger partial charge in [-0.05, 0) is 74.4 Å². The maximum atomic E-state index is 12.6. The van der Waals surface area contributed by atoms with Crippen LogP contribution in [0.1, 0.15) is 61.0 Å². The number of carbonyl (C=O) groups excluding carboxylic acids is 1. The number of phenols is 1. The average molecular weight is 367 g/mol. The molecule has 0 amide bonds. The van der Waals surface area contributed by atoms with Crippen molar-refractivity contribution in [3.05, 3.63) is 65.2 Å². The van der Waals surface area contributed by atoms with Crippen LogP contribution in [0.5, 0.6) is 11.5 Å². The summed E-state index contributed by atoms with van der Waals surface area (Å²) >= 11 is 0. The number of nitrogens with zero attached hydrogens (tertiary/aromatic N) is 1. The van der Waals surface area contributed by atoms with Crippen molar-refractivity contribution in [2.24, 2.45) is 0 Å². The van der Waals surface area contributed by atoms with Crippen LogP contribution in [0.25, 0.3) is 0 Å². The molecule has 0 saturated carbocycles. The molecule has 2 aromatic rings. The summed E-state index contributed by atoms with van der Waals surface area (Å²) in [5.41, 5.74) is 1.48. The van der Waals surface area contributed by atoms with Crippen molar-refractivity contribution in [1.82, 2.24) is 4.98 Å². The Kier molecular flexibility index (Phi) is 5.22. The minimum absolute atomic E-state index is 0.108. The van der Waals surface area contributed by atoms with Gasteiger partial charge in [0.15, 0.2) is 0 Å². The number of aliphatic hydroxyl groups excluding tert-OH is 1. The standard InChI is InChI=1S/C22H25NO4/c1-14(5-4-6-15-7-9-23-10-8-15)16-11-18(25)20-19(12-16)27-22(2,3)17(13-24)21(20)26/h7-14,24-25H,4-6H2,1-3H3/b17-13-. The average Bonchev–Trinajstić information content (AvgIpc) is 2.61. The lowest BCUT2D eigenvalue weighted by atomic mass is 9.85. The Morgan fingerprint density at radius 2 is 1.96 bits per heavy atom. The number of aryl methyl sites for hydroxylation is 1. The highest BCUT2D eigenvalue weighted by Gasteiger charge is 2.40. The SMILES string of the molecule is CC(CCCc1ccncc1)c1cc(O)c2c(c1)OC(C)(C)/C(=C\O)C2=O. The molecule has 0 radical (unpaired) electrons. The predicted octanol–water partition coefficient (Wildman–Crippen LogP) is 4.71. The number of fused-ring (bicyclic) bond motifs is 1. The molecule has 1 unspecified atom stereocenters. The van der Waals surface area contributed by atoms with E-state index in [0.29, 0.717) is 5.75 Å². The van der Waals surface area contributed by atoms with E-state index < -0.39 is 11.4 Å². The number of phenolic OH excluding ortho intramolecular Hbond substituents is 1. The van der Waals surface area contributed by atoms with E-state index in [0.717, 1.165) is 31.1 Å². The van der Waals surface area contributed by atoms with Crippen LogP contribution in [0.15, 0.2) is 48.5 Å². The number of Topliss-reactive ketones (excluding diaryl/α,β-unsaturated/α-hetero) is 1. The van der Waals surface area contributed by atoms with Gasteiger partial charge < -0.3 is 14.9 Å². The molecule has 1 aromatic carbocycles. The number of pyridine rings is 1. The summed E-state index contributed by atoms with van der Waals surface area (Å²) in [5.74, 6) is 0.0627. The van der Waals surface area contributed by atoms with Crippen LogP contribution in [0.2, 0.25) is 0 Å². The Labute approximate surface area is 159 Å². The zero-order chi connectivity index (χ0) is 19.6. The summed E-state index contributed by atoms with van der Waals surface area (Å²) in [6.07, 6.45) is 7.28. The first-order chi connectivity index (χ1) is 12.8. The first-order valence-corrected chi connectivity index (χ1v) is 9.18. The van der Waals surface area contributed by atoms with Gasteiger partial charge in [-0.15, -0.1) is 0 Å². The number of aromatic hydroxyl groups is 1. The number of aliphatic hydroxyl groups is 1. The highest BCUT2D eigenvalue weighted by atomic mass is 16.5. The molecular formula is C22H25NO4. The molecule has 142 valence electrons. The molecule has 5 nitrogen and oxygen atoms in total. The molecule has 2 N–H and O–H groups in total. The number of benzene rings is 1. The van der Waals surface area contributed by atoms with E-state index in [-0.39, 0.29) is 22.8 Å². The van der Waals surface area contributed by atoms with Gasteiger partial charge in [0, 0.05) is 12.4 Å². The summed E-state index contributed by atoms with van der Waals surface area (Å²) in [4.78, 5) is 16.6. The second-order valence-electron chi connectivity index (χ2n) is 7.55. The van der Waals surface area contributed by atoms with Crippen molar-refractivity contribution in [3.63, 3.8) is 0 Å². The fourth-order valence-corrected chi connectivity index (χ4v) is 3.50. The van der Waals surface area contributed by atoms with Crippen LogP contribution < -0.4 is 4.74 Å². The summed E-state index contributed by atoms with van der Waals surface area (Å²) < 4.78 is 5.92. The highest BCUT2D eigenvalue weighted by molar-refractivity contribution is 6.14. The van der Waals surface area contributed by atoms with Crippen molar-refractivity contribution in [2.45, 2.75) is 51.6 Å². The lowest BCUT2D eigenvalue weighted by Crippen LogP contribution is -2.39. The fourth-order valence-electron chi connectivity index (χ4n) is 3.50. The molecule has 0 saturated heterocycles. The Morgan fingerprint density at radius 1 is 1.26 bits per heavy atom. The van der Waals surface area contributed by atoms with Gasteiger partial charge in [0.2, 0.25) is 5.78 Å². The Balaban J connectivity index is 1.78. The number of rotatable bonds is 5. The third-order valence-corrected chi connectivity index (χ3v) is 5.14. The number of ether oxygens (including phenoxy) is 1. The van der Waals surface area contributed by atoms with E-state index in [4.69, 9.17) is 4.74 Å². The summed E-state index contributed by atoms with van der Waals surface area (Å²) in [7, 11) is 0. The molecule has 5 heteroatoms. The molecule has 1 aromatic heterocycles. The maximum absolute atomic E-state index is 12.6. The largest absolute Gasteiger partial charge is 0.515 e.